The molecule has 17 heteroatoms. The molecule has 0 fully saturated rings. The number of fused-ring (bicyclic) bond motifs is 1. The van der Waals surface area contributed by atoms with Crippen molar-refractivity contribution < 1.29 is 52.1 Å². The lowest BCUT2D eigenvalue weighted by atomic mass is 9.97. The Hall–Kier alpha value is -5.48. The van der Waals surface area contributed by atoms with Gasteiger partial charge in [-0.2, -0.15) is 0 Å². The van der Waals surface area contributed by atoms with E-state index in [0.29, 0.717) is 11.1 Å². The first kappa shape index (κ1) is 41.9. The van der Waals surface area contributed by atoms with Crippen molar-refractivity contribution in [2.75, 3.05) is 6.26 Å². The van der Waals surface area contributed by atoms with E-state index in [2.05, 4.69) is 21.3 Å². The number of aliphatic carboxylic acids is 2. The van der Waals surface area contributed by atoms with Crippen molar-refractivity contribution >= 4 is 68.0 Å². The number of carboxylic acids is 2. The van der Waals surface area contributed by atoms with Crippen molar-refractivity contribution in [2.45, 2.75) is 63.9 Å². The molecule has 3 aromatic rings. The lowest BCUT2D eigenvalue weighted by Crippen LogP contribution is -2.59. The summed E-state index contributed by atoms with van der Waals surface area (Å²) in [5.74, 6) is -6.20. The predicted octanol–water partition coefficient (Wildman–Crippen LogP) is 2.86. The summed E-state index contributed by atoms with van der Waals surface area (Å²) in [7, 11) is -3.93. The molecular formula is C36H41ClN4O11S. The van der Waals surface area contributed by atoms with Crippen LogP contribution in [0.1, 0.15) is 37.8 Å². The molecule has 6 N–H and O–H groups in total. The Balaban J connectivity index is 1.91. The minimum Gasteiger partial charge on any atom is -0.481 e. The Kier molecular flexibility index (Phi) is 15.3. The fourth-order valence-corrected chi connectivity index (χ4v) is 5.71. The SMILES string of the molecule is CC(C)[C@H](NC(=O)[C@H](Cc1cccc2ccccc12)NC(=O)[C@H](CC(=O)O)NC(=O)OCc1ccccc1)C(=O)N[C@H](C=C(Cl)S(C)(=O)=O)CC(=O)O. The lowest BCUT2D eigenvalue weighted by Gasteiger charge is -2.28. The molecule has 0 spiro atoms. The Morgan fingerprint density at radius 1 is 0.755 bits per heavy atom. The monoisotopic (exact) mass is 772 g/mol. The fraction of sp³-hybridized carbons (Fsp3) is 0.333. The number of hydrogen-bond donors (Lipinski definition) is 6. The van der Waals surface area contributed by atoms with E-state index < -0.39 is 92.9 Å². The van der Waals surface area contributed by atoms with E-state index in [-0.39, 0.29) is 13.0 Å². The van der Waals surface area contributed by atoms with E-state index in [1.807, 2.05) is 18.2 Å². The molecule has 0 bridgehead atoms. The molecule has 284 valence electrons. The molecule has 15 nitrogen and oxygen atoms in total. The maximum atomic E-state index is 14.0. The third kappa shape index (κ3) is 13.5. The number of carboxylic acid groups (broad SMARTS) is 2. The third-order valence-electron chi connectivity index (χ3n) is 7.79. The van der Waals surface area contributed by atoms with Gasteiger partial charge >= 0.3 is 18.0 Å². The smallest absolute Gasteiger partial charge is 0.408 e. The van der Waals surface area contributed by atoms with Crippen LogP contribution in [0.4, 0.5) is 4.79 Å². The summed E-state index contributed by atoms with van der Waals surface area (Å²) in [5, 5.41) is 30.2. The van der Waals surface area contributed by atoms with Gasteiger partial charge in [0.2, 0.25) is 17.7 Å². The quantitative estimate of drug-likeness (QED) is 0.110. The summed E-state index contributed by atoms with van der Waals surface area (Å²) in [6.07, 6.45) is -1.15. The molecule has 4 atom stereocenters. The number of halogens is 1. The highest BCUT2D eigenvalue weighted by atomic mass is 35.5. The molecule has 0 radical (unpaired) electrons. The van der Waals surface area contributed by atoms with Crippen LogP contribution in [0.5, 0.6) is 0 Å². The maximum absolute atomic E-state index is 14.0. The summed E-state index contributed by atoms with van der Waals surface area (Å²) in [6, 6.07) is 15.4. The van der Waals surface area contributed by atoms with E-state index in [9.17, 15) is 47.4 Å². The molecule has 0 saturated heterocycles. The van der Waals surface area contributed by atoms with Crippen molar-refractivity contribution in [3.8, 4) is 0 Å². The second-order valence-corrected chi connectivity index (χ2v) is 15.1. The van der Waals surface area contributed by atoms with Crippen LogP contribution < -0.4 is 21.3 Å². The van der Waals surface area contributed by atoms with Crippen LogP contribution in [-0.2, 0) is 51.6 Å². The van der Waals surface area contributed by atoms with Gasteiger partial charge in [-0.15, -0.1) is 0 Å². The van der Waals surface area contributed by atoms with Crippen LogP contribution in [0.3, 0.4) is 0 Å². The molecule has 4 amide bonds. The van der Waals surface area contributed by atoms with Crippen LogP contribution >= 0.6 is 11.6 Å². The van der Waals surface area contributed by atoms with Gasteiger partial charge in [0.1, 0.15) is 29.1 Å². The molecule has 0 aliphatic heterocycles. The molecular weight excluding hydrogens is 732 g/mol. The molecule has 0 saturated carbocycles. The van der Waals surface area contributed by atoms with Crippen LogP contribution in [0, 0.1) is 5.92 Å². The zero-order valence-corrected chi connectivity index (χ0v) is 30.6. The van der Waals surface area contributed by atoms with E-state index >= 15 is 0 Å². The van der Waals surface area contributed by atoms with Crippen molar-refractivity contribution in [2.24, 2.45) is 5.92 Å². The summed E-state index contributed by atoms with van der Waals surface area (Å²) < 4.78 is 28.2. The number of alkyl carbamates (subject to hydrolysis) is 1. The zero-order valence-electron chi connectivity index (χ0n) is 29.1. The Bertz CT molecular complexity index is 1950. The first-order valence-corrected chi connectivity index (χ1v) is 18.6. The van der Waals surface area contributed by atoms with Crippen LogP contribution in [0.2, 0.25) is 0 Å². The molecule has 0 aromatic heterocycles. The second kappa shape index (κ2) is 19.4. The Morgan fingerprint density at radius 3 is 1.98 bits per heavy atom. The van der Waals surface area contributed by atoms with Crippen molar-refractivity contribution in [1.29, 1.82) is 0 Å². The Morgan fingerprint density at radius 2 is 1.36 bits per heavy atom. The first-order chi connectivity index (χ1) is 24.9. The molecule has 3 rings (SSSR count). The predicted molar refractivity (Wildman–Crippen MR) is 195 cm³/mol. The number of rotatable bonds is 18. The second-order valence-electron chi connectivity index (χ2n) is 12.4. The average molecular weight is 773 g/mol. The third-order valence-corrected chi connectivity index (χ3v) is 9.60. The van der Waals surface area contributed by atoms with E-state index in [4.69, 9.17) is 16.3 Å². The summed E-state index contributed by atoms with van der Waals surface area (Å²) in [5.41, 5.74) is 1.25. The zero-order chi connectivity index (χ0) is 39.3. The normalized spacial score (nSPS) is 13.9. The number of ether oxygens (including phenoxy) is 1. The number of carbonyl (C=O) groups excluding carboxylic acids is 4. The van der Waals surface area contributed by atoms with E-state index in [1.54, 1.807) is 68.4 Å². The number of nitrogens with one attached hydrogen (secondary N) is 4. The molecule has 3 aromatic carbocycles. The molecule has 0 unspecified atom stereocenters. The topological polar surface area (TPSA) is 234 Å². The number of hydrogen-bond acceptors (Lipinski definition) is 9. The van der Waals surface area contributed by atoms with Gasteiger partial charge in [-0.25, -0.2) is 13.2 Å². The average Bonchev–Trinajstić information content (AvgIpc) is 3.08. The van der Waals surface area contributed by atoms with Gasteiger partial charge in [0.25, 0.3) is 0 Å². The minimum atomic E-state index is -3.93. The standard InChI is InChI=1S/C36H41ClN4O11S/c1-21(2)32(35(48)38-25(18-30(42)43)17-29(37)53(3,50)51)41-34(47)27(16-24-14-9-13-23-12-7-8-15-26(23)24)39-33(46)28(19-31(44)45)40-36(49)52-20-22-10-5-4-6-11-22/h4-15,17,21,25,27-28,32H,16,18-20H2,1-3H3,(H,38,48)(H,39,46)(H,40,49)(H,41,47)(H,42,43)(H,44,45)/t25-,27+,28+,32+/m1/s1. The molecule has 0 heterocycles. The highest BCUT2D eigenvalue weighted by Crippen LogP contribution is 2.20. The van der Waals surface area contributed by atoms with Gasteiger partial charge in [0.15, 0.2) is 9.84 Å². The summed E-state index contributed by atoms with van der Waals surface area (Å²) in [6.45, 7) is 3.01. The number of benzene rings is 3. The van der Waals surface area contributed by atoms with Gasteiger partial charge < -0.3 is 36.2 Å². The van der Waals surface area contributed by atoms with E-state index in [0.717, 1.165) is 23.1 Å². The molecule has 0 aliphatic carbocycles. The van der Waals surface area contributed by atoms with Crippen molar-refractivity contribution in [1.82, 2.24) is 21.3 Å². The Labute approximate surface area is 311 Å². The van der Waals surface area contributed by atoms with Gasteiger partial charge in [-0.3, -0.25) is 24.0 Å². The van der Waals surface area contributed by atoms with Crippen molar-refractivity contribution in [3.05, 3.63) is 94.4 Å². The number of sulfone groups is 1. The summed E-state index contributed by atoms with van der Waals surface area (Å²) in [4.78, 5) is 76.9. The molecule has 53 heavy (non-hydrogen) atoms. The highest BCUT2D eigenvalue weighted by molar-refractivity contribution is 7.96. The number of carbonyl (C=O) groups is 6. The van der Waals surface area contributed by atoms with Crippen LogP contribution in [0.25, 0.3) is 10.8 Å². The van der Waals surface area contributed by atoms with Crippen LogP contribution in [-0.4, -0.2) is 84.8 Å². The maximum Gasteiger partial charge on any atom is 0.408 e. The van der Waals surface area contributed by atoms with Gasteiger partial charge in [-0.05, 0) is 33.9 Å². The van der Waals surface area contributed by atoms with Gasteiger partial charge in [-0.1, -0.05) is 98.2 Å². The highest BCUT2D eigenvalue weighted by Gasteiger charge is 2.33. The van der Waals surface area contributed by atoms with E-state index in [1.165, 1.54) is 0 Å². The largest absolute Gasteiger partial charge is 0.481 e. The van der Waals surface area contributed by atoms with Gasteiger partial charge in [0.05, 0.1) is 18.9 Å². The van der Waals surface area contributed by atoms with Crippen LogP contribution in [0.15, 0.2) is 83.2 Å². The molecule has 0 aliphatic rings. The first-order valence-electron chi connectivity index (χ1n) is 16.3. The lowest BCUT2D eigenvalue weighted by molar-refractivity contribution is -0.140. The minimum absolute atomic E-state index is 0.141. The number of amides is 4. The fourth-order valence-electron chi connectivity index (χ4n) is 5.15. The summed E-state index contributed by atoms with van der Waals surface area (Å²) >= 11 is 5.84. The van der Waals surface area contributed by atoms with Crippen molar-refractivity contribution in [3.63, 3.8) is 0 Å². The van der Waals surface area contributed by atoms with Gasteiger partial charge in [0, 0.05) is 12.7 Å².